The molecule has 1 aromatic rings. The molecule has 1 aliphatic heterocycles. The minimum atomic E-state index is 0. The van der Waals surface area contributed by atoms with Crippen LogP contribution in [0.15, 0.2) is 16.8 Å². The van der Waals surface area contributed by atoms with E-state index in [-0.39, 0.29) is 24.2 Å². The minimum absolute atomic E-state index is 0. The van der Waals surface area contributed by atoms with Crippen LogP contribution in [0, 0.1) is 0 Å². The lowest BCUT2D eigenvalue weighted by Crippen LogP contribution is -2.37. The highest BCUT2D eigenvalue weighted by atomic mass is 35.5. The van der Waals surface area contributed by atoms with E-state index >= 15 is 0 Å². The van der Waals surface area contributed by atoms with Crippen molar-refractivity contribution in [2.75, 3.05) is 32.7 Å². The molecule has 1 saturated heterocycles. The number of hydrogen-bond donors (Lipinski definition) is 1. The van der Waals surface area contributed by atoms with E-state index in [1.165, 1.54) is 11.3 Å². The molecule has 0 atom stereocenters. The monoisotopic (exact) mass is 373 g/mol. The Morgan fingerprint density at radius 3 is 2.46 bits per heavy atom. The lowest BCUT2D eigenvalue weighted by atomic mass is 10.1. The standard InChI is InChI=1S/C17H27N3O2S.ClH/c18-8-4-2-1-3-6-16(21)19-9-5-10-20(12-11-19)17(22)15-7-13-23-14-15;/h7,13-14H,1-6,8-12,18H2;1H. The van der Waals surface area contributed by atoms with E-state index in [9.17, 15) is 9.59 Å². The van der Waals surface area contributed by atoms with Crippen molar-refractivity contribution in [3.8, 4) is 0 Å². The van der Waals surface area contributed by atoms with Gasteiger partial charge >= 0.3 is 0 Å². The summed E-state index contributed by atoms with van der Waals surface area (Å²) >= 11 is 1.54. The summed E-state index contributed by atoms with van der Waals surface area (Å²) in [5.41, 5.74) is 6.23. The summed E-state index contributed by atoms with van der Waals surface area (Å²) in [6, 6.07) is 1.86. The van der Waals surface area contributed by atoms with E-state index < -0.39 is 0 Å². The summed E-state index contributed by atoms with van der Waals surface area (Å²) in [6.45, 7) is 3.50. The number of nitrogens with two attached hydrogens (primary N) is 1. The van der Waals surface area contributed by atoms with Crippen LogP contribution in [-0.2, 0) is 4.79 Å². The van der Waals surface area contributed by atoms with Gasteiger partial charge in [-0.15, -0.1) is 12.4 Å². The second-order valence-electron chi connectivity index (χ2n) is 5.99. The lowest BCUT2D eigenvalue weighted by Gasteiger charge is -2.22. The molecule has 0 unspecified atom stereocenters. The first-order valence-corrected chi connectivity index (χ1v) is 9.46. The zero-order valence-corrected chi connectivity index (χ0v) is 15.7. The van der Waals surface area contributed by atoms with Crippen LogP contribution in [0.1, 0.15) is 48.9 Å². The van der Waals surface area contributed by atoms with E-state index in [1.807, 2.05) is 26.6 Å². The molecule has 0 aliphatic carbocycles. The average molecular weight is 374 g/mol. The Morgan fingerprint density at radius 2 is 1.75 bits per heavy atom. The van der Waals surface area contributed by atoms with Crippen LogP contribution in [0.3, 0.4) is 0 Å². The van der Waals surface area contributed by atoms with Crippen molar-refractivity contribution in [3.05, 3.63) is 22.4 Å². The zero-order valence-electron chi connectivity index (χ0n) is 14.1. The molecule has 136 valence electrons. The van der Waals surface area contributed by atoms with Gasteiger partial charge in [0.25, 0.3) is 5.91 Å². The third kappa shape index (κ3) is 6.42. The van der Waals surface area contributed by atoms with Crippen molar-refractivity contribution >= 4 is 35.6 Å². The average Bonchev–Trinajstić information content (AvgIpc) is 2.98. The molecule has 7 heteroatoms. The molecule has 1 aromatic heterocycles. The van der Waals surface area contributed by atoms with Gasteiger partial charge in [-0.05, 0) is 37.3 Å². The van der Waals surface area contributed by atoms with Gasteiger partial charge in [0.15, 0.2) is 0 Å². The second kappa shape index (κ2) is 11.4. The van der Waals surface area contributed by atoms with Crippen molar-refractivity contribution in [2.24, 2.45) is 5.73 Å². The molecule has 2 N–H and O–H groups in total. The highest BCUT2D eigenvalue weighted by molar-refractivity contribution is 7.08. The maximum absolute atomic E-state index is 12.4. The lowest BCUT2D eigenvalue weighted by molar-refractivity contribution is -0.131. The maximum Gasteiger partial charge on any atom is 0.254 e. The van der Waals surface area contributed by atoms with E-state index in [4.69, 9.17) is 5.73 Å². The van der Waals surface area contributed by atoms with Crippen LogP contribution in [0.2, 0.25) is 0 Å². The zero-order chi connectivity index (χ0) is 16.5. The van der Waals surface area contributed by atoms with Crippen LogP contribution >= 0.6 is 23.7 Å². The summed E-state index contributed by atoms with van der Waals surface area (Å²) in [7, 11) is 0. The van der Waals surface area contributed by atoms with E-state index in [0.29, 0.717) is 19.5 Å². The quantitative estimate of drug-likeness (QED) is 0.747. The molecule has 0 bridgehead atoms. The molecular formula is C17H28ClN3O2S. The van der Waals surface area contributed by atoms with Crippen LogP contribution in [-0.4, -0.2) is 54.3 Å². The molecule has 1 fully saturated rings. The van der Waals surface area contributed by atoms with Gasteiger partial charge in [-0.3, -0.25) is 9.59 Å². The fourth-order valence-corrected chi connectivity index (χ4v) is 3.50. The van der Waals surface area contributed by atoms with Crippen molar-refractivity contribution in [1.82, 2.24) is 9.80 Å². The molecule has 0 saturated carbocycles. The van der Waals surface area contributed by atoms with Crippen molar-refractivity contribution in [1.29, 1.82) is 0 Å². The largest absolute Gasteiger partial charge is 0.341 e. The molecule has 5 nitrogen and oxygen atoms in total. The first-order valence-electron chi connectivity index (χ1n) is 8.51. The Hall–Kier alpha value is -1.11. The Kier molecular flexibility index (Phi) is 9.98. The number of halogens is 1. The van der Waals surface area contributed by atoms with Crippen LogP contribution in [0.5, 0.6) is 0 Å². The number of hydrogen-bond acceptors (Lipinski definition) is 4. The van der Waals surface area contributed by atoms with Gasteiger partial charge in [0.05, 0.1) is 5.56 Å². The van der Waals surface area contributed by atoms with Crippen molar-refractivity contribution in [3.63, 3.8) is 0 Å². The summed E-state index contributed by atoms with van der Waals surface area (Å²) in [6.07, 6.45) is 5.62. The Morgan fingerprint density at radius 1 is 1.04 bits per heavy atom. The Balaban J connectivity index is 0.00000288. The van der Waals surface area contributed by atoms with Gasteiger partial charge < -0.3 is 15.5 Å². The van der Waals surface area contributed by atoms with Crippen LogP contribution in [0.25, 0.3) is 0 Å². The van der Waals surface area contributed by atoms with Crippen molar-refractivity contribution < 1.29 is 9.59 Å². The number of carbonyl (C=O) groups excluding carboxylic acids is 2. The third-order valence-corrected chi connectivity index (χ3v) is 4.93. The van der Waals surface area contributed by atoms with Crippen molar-refractivity contribution in [2.45, 2.75) is 38.5 Å². The van der Waals surface area contributed by atoms with Gasteiger partial charge in [0, 0.05) is 38.0 Å². The van der Waals surface area contributed by atoms with Crippen LogP contribution < -0.4 is 5.73 Å². The van der Waals surface area contributed by atoms with Gasteiger partial charge in [0.2, 0.25) is 5.91 Å². The summed E-state index contributed by atoms with van der Waals surface area (Å²) in [4.78, 5) is 28.5. The molecular weight excluding hydrogens is 346 g/mol. The molecule has 24 heavy (non-hydrogen) atoms. The molecule has 2 rings (SSSR count). The molecule has 2 amide bonds. The number of amides is 2. The van der Waals surface area contributed by atoms with Gasteiger partial charge in [-0.1, -0.05) is 12.8 Å². The Bertz CT molecular complexity index is 496. The third-order valence-electron chi connectivity index (χ3n) is 4.25. The first-order chi connectivity index (χ1) is 11.2. The van der Waals surface area contributed by atoms with Gasteiger partial charge in [0.1, 0.15) is 0 Å². The number of carbonyl (C=O) groups is 2. The number of rotatable bonds is 7. The molecule has 2 heterocycles. The number of unbranched alkanes of at least 4 members (excludes halogenated alkanes) is 3. The van der Waals surface area contributed by atoms with E-state index in [2.05, 4.69) is 0 Å². The van der Waals surface area contributed by atoms with Gasteiger partial charge in [-0.25, -0.2) is 0 Å². The molecule has 0 spiro atoms. The number of thiophene rings is 1. The SMILES string of the molecule is Cl.NCCCCCCC(=O)N1CCCN(C(=O)c2ccsc2)CC1. The summed E-state index contributed by atoms with van der Waals surface area (Å²) in [5.74, 6) is 0.310. The van der Waals surface area contributed by atoms with E-state index in [1.54, 1.807) is 0 Å². The topological polar surface area (TPSA) is 66.6 Å². The maximum atomic E-state index is 12.4. The predicted molar refractivity (Wildman–Crippen MR) is 101 cm³/mol. The summed E-state index contributed by atoms with van der Waals surface area (Å²) < 4.78 is 0. The van der Waals surface area contributed by atoms with Crippen LogP contribution in [0.4, 0.5) is 0 Å². The highest BCUT2D eigenvalue weighted by Crippen LogP contribution is 2.13. The molecule has 1 aliphatic rings. The molecule has 0 aromatic carbocycles. The smallest absolute Gasteiger partial charge is 0.254 e. The molecule has 0 radical (unpaired) electrons. The first kappa shape index (κ1) is 20.9. The fourth-order valence-electron chi connectivity index (χ4n) is 2.87. The van der Waals surface area contributed by atoms with Gasteiger partial charge in [-0.2, -0.15) is 11.3 Å². The normalized spacial score (nSPS) is 14.9. The minimum Gasteiger partial charge on any atom is -0.341 e. The number of nitrogens with zero attached hydrogens (tertiary/aromatic N) is 2. The second-order valence-corrected chi connectivity index (χ2v) is 6.77. The fraction of sp³-hybridized carbons (Fsp3) is 0.647. The Labute approximate surface area is 154 Å². The summed E-state index contributed by atoms with van der Waals surface area (Å²) in [5, 5.41) is 3.81. The highest BCUT2D eigenvalue weighted by Gasteiger charge is 2.22. The van der Waals surface area contributed by atoms with E-state index in [0.717, 1.165) is 57.3 Å². The predicted octanol–water partition coefficient (Wildman–Crippen LogP) is 2.75.